The molecule has 1 aromatic carbocycles. The van der Waals surface area contributed by atoms with Crippen LogP contribution in [-0.4, -0.2) is 30.4 Å². The van der Waals surface area contributed by atoms with Crippen molar-refractivity contribution in [3.05, 3.63) is 29.8 Å². The highest BCUT2D eigenvalue weighted by Crippen LogP contribution is 2.14. The van der Waals surface area contributed by atoms with Crippen LogP contribution in [-0.2, 0) is 11.2 Å². The molecule has 1 atom stereocenters. The van der Waals surface area contributed by atoms with Crippen molar-refractivity contribution in [2.45, 2.75) is 18.2 Å². The standard InChI is InChI=1S/C13H19NO2S/c1-10(13(15)16)9-14-8-7-11-3-5-12(17-2)6-4-11/h3-6,10,14H,7-9H2,1-2H3,(H,15,16). The molecule has 0 saturated heterocycles. The number of nitrogens with one attached hydrogen (secondary N) is 1. The first-order valence-electron chi connectivity index (χ1n) is 5.70. The summed E-state index contributed by atoms with van der Waals surface area (Å²) in [6.07, 6.45) is 2.99. The molecule has 0 bridgehead atoms. The Morgan fingerprint density at radius 1 is 1.41 bits per heavy atom. The summed E-state index contributed by atoms with van der Waals surface area (Å²) in [4.78, 5) is 11.9. The third kappa shape index (κ3) is 5.24. The average Bonchev–Trinajstić information content (AvgIpc) is 2.35. The first kappa shape index (κ1) is 14.1. The van der Waals surface area contributed by atoms with Crippen molar-refractivity contribution in [3.8, 4) is 0 Å². The zero-order valence-electron chi connectivity index (χ0n) is 10.3. The van der Waals surface area contributed by atoms with Crippen molar-refractivity contribution >= 4 is 17.7 Å². The molecule has 0 aromatic heterocycles. The van der Waals surface area contributed by atoms with Gasteiger partial charge in [-0.3, -0.25) is 4.79 Å². The van der Waals surface area contributed by atoms with E-state index >= 15 is 0 Å². The smallest absolute Gasteiger partial charge is 0.307 e. The van der Waals surface area contributed by atoms with Gasteiger partial charge in [-0.1, -0.05) is 19.1 Å². The molecule has 0 aliphatic carbocycles. The summed E-state index contributed by atoms with van der Waals surface area (Å²) in [5.74, 6) is -1.07. The molecular weight excluding hydrogens is 234 g/mol. The molecule has 94 valence electrons. The maximum Gasteiger partial charge on any atom is 0.307 e. The van der Waals surface area contributed by atoms with Crippen molar-refractivity contribution in [1.82, 2.24) is 5.32 Å². The number of carboxylic acids is 1. The highest BCUT2D eigenvalue weighted by Gasteiger charge is 2.08. The van der Waals surface area contributed by atoms with Gasteiger partial charge in [-0.05, 0) is 36.9 Å². The minimum atomic E-state index is -0.748. The number of carbonyl (C=O) groups is 1. The number of thioether (sulfide) groups is 1. The van der Waals surface area contributed by atoms with Crippen molar-refractivity contribution in [1.29, 1.82) is 0 Å². The molecule has 1 unspecified atom stereocenters. The summed E-state index contributed by atoms with van der Waals surface area (Å²) in [6, 6.07) is 8.46. The summed E-state index contributed by atoms with van der Waals surface area (Å²) < 4.78 is 0. The van der Waals surface area contributed by atoms with Crippen LogP contribution in [0.4, 0.5) is 0 Å². The first-order valence-corrected chi connectivity index (χ1v) is 6.92. The van der Waals surface area contributed by atoms with Gasteiger partial charge in [-0.15, -0.1) is 11.8 Å². The van der Waals surface area contributed by atoms with Crippen LogP contribution in [0.5, 0.6) is 0 Å². The Bertz CT molecular complexity index is 351. The topological polar surface area (TPSA) is 49.3 Å². The number of carboxylic acid groups (broad SMARTS) is 1. The van der Waals surface area contributed by atoms with Crippen LogP contribution < -0.4 is 5.32 Å². The van der Waals surface area contributed by atoms with E-state index in [-0.39, 0.29) is 5.92 Å². The molecule has 0 heterocycles. The number of aliphatic carboxylic acids is 1. The number of benzene rings is 1. The zero-order chi connectivity index (χ0) is 12.7. The van der Waals surface area contributed by atoms with E-state index in [1.165, 1.54) is 10.5 Å². The van der Waals surface area contributed by atoms with Gasteiger partial charge in [0.05, 0.1) is 5.92 Å². The lowest BCUT2D eigenvalue weighted by atomic mass is 10.1. The molecule has 0 amide bonds. The van der Waals surface area contributed by atoms with Gasteiger partial charge in [0.15, 0.2) is 0 Å². The first-order chi connectivity index (χ1) is 8.13. The molecule has 0 spiro atoms. The van der Waals surface area contributed by atoms with Crippen LogP contribution in [0.1, 0.15) is 12.5 Å². The Morgan fingerprint density at radius 2 is 2.06 bits per heavy atom. The largest absolute Gasteiger partial charge is 0.481 e. The minimum absolute atomic E-state index is 0.325. The second-order valence-corrected chi connectivity index (χ2v) is 4.92. The van der Waals surface area contributed by atoms with E-state index in [1.54, 1.807) is 18.7 Å². The Balaban J connectivity index is 2.24. The maximum absolute atomic E-state index is 10.6. The number of hydrogen-bond donors (Lipinski definition) is 2. The SMILES string of the molecule is CSc1ccc(CCNCC(C)C(=O)O)cc1. The lowest BCUT2D eigenvalue weighted by molar-refractivity contribution is -0.140. The summed E-state index contributed by atoms with van der Waals surface area (Å²) in [5.41, 5.74) is 1.28. The summed E-state index contributed by atoms with van der Waals surface area (Å²) in [6.45, 7) is 3.05. The molecule has 3 nitrogen and oxygen atoms in total. The lowest BCUT2D eigenvalue weighted by Crippen LogP contribution is -2.27. The molecule has 17 heavy (non-hydrogen) atoms. The average molecular weight is 253 g/mol. The molecule has 0 radical (unpaired) electrons. The van der Waals surface area contributed by atoms with Gasteiger partial charge in [-0.2, -0.15) is 0 Å². The second kappa shape index (κ2) is 7.35. The third-order valence-corrected chi connectivity index (χ3v) is 3.37. The molecule has 1 rings (SSSR count). The summed E-state index contributed by atoms with van der Waals surface area (Å²) in [5, 5.41) is 11.9. The minimum Gasteiger partial charge on any atom is -0.481 e. The fraction of sp³-hybridized carbons (Fsp3) is 0.462. The molecule has 0 aliphatic rings. The highest BCUT2D eigenvalue weighted by molar-refractivity contribution is 7.98. The predicted molar refractivity (Wildman–Crippen MR) is 71.6 cm³/mol. The van der Waals surface area contributed by atoms with Crippen LogP contribution >= 0.6 is 11.8 Å². The Labute approximate surface area is 107 Å². The second-order valence-electron chi connectivity index (χ2n) is 4.04. The van der Waals surface area contributed by atoms with Crippen LogP contribution in [0.2, 0.25) is 0 Å². The number of hydrogen-bond acceptors (Lipinski definition) is 3. The van der Waals surface area contributed by atoms with Gasteiger partial charge in [-0.25, -0.2) is 0 Å². The molecular formula is C13H19NO2S. The highest BCUT2D eigenvalue weighted by atomic mass is 32.2. The Kier molecular flexibility index (Phi) is 6.08. The Morgan fingerprint density at radius 3 is 2.59 bits per heavy atom. The summed E-state index contributed by atoms with van der Waals surface area (Å²) in [7, 11) is 0. The molecule has 1 aromatic rings. The molecule has 0 saturated carbocycles. The van der Waals surface area contributed by atoms with Crippen LogP contribution in [0.15, 0.2) is 29.2 Å². The van der Waals surface area contributed by atoms with Gasteiger partial charge in [0.2, 0.25) is 0 Å². The molecule has 4 heteroatoms. The van der Waals surface area contributed by atoms with Gasteiger partial charge in [0, 0.05) is 11.4 Å². The van der Waals surface area contributed by atoms with E-state index in [2.05, 4.69) is 35.8 Å². The normalized spacial score (nSPS) is 12.4. The van der Waals surface area contributed by atoms with Gasteiger partial charge in [0.25, 0.3) is 0 Å². The van der Waals surface area contributed by atoms with Crippen molar-refractivity contribution in [2.24, 2.45) is 5.92 Å². The van der Waals surface area contributed by atoms with E-state index in [9.17, 15) is 4.79 Å². The van der Waals surface area contributed by atoms with E-state index < -0.39 is 5.97 Å². The van der Waals surface area contributed by atoms with Crippen molar-refractivity contribution in [3.63, 3.8) is 0 Å². The fourth-order valence-electron chi connectivity index (χ4n) is 1.43. The van der Waals surface area contributed by atoms with Crippen LogP contribution in [0.25, 0.3) is 0 Å². The van der Waals surface area contributed by atoms with Crippen LogP contribution in [0.3, 0.4) is 0 Å². The van der Waals surface area contributed by atoms with Crippen molar-refractivity contribution in [2.75, 3.05) is 19.3 Å². The van der Waals surface area contributed by atoms with E-state index in [0.29, 0.717) is 6.54 Å². The van der Waals surface area contributed by atoms with Gasteiger partial charge < -0.3 is 10.4 Å². The zero-order valence-corrected chi connectivity index (χ0v) is 11.1. The molecule has 0 fully saturated rings. The summed E-state index contributed by atoms with van der Waals surface area (Å²) >= 11 is 1.73. The quantitative estimate of drug-likeness (QED) is 0.578. The van der Waals surface area contributed by atoms with Crippen LogP contribution in [0, 0.1) is 5.92 Å². The molecule has 0 aliphatic heterocycles. The van der Waals surface area contributed by atoms with E-state index in [1.807, 2.05) is 0 Å². The predicted octanol–water partition coefficient (Wildman–Crippen LogP) is 2.26. The van der Waals surface area contributed by atoms with E-state index in [0.717, 1.165) is 13.0 Å². The Hall–Kier alpha value is -1.00. The lowest BCUT2D eigenvalue weighted by Gasteiger charge is -2.08. The third-order valence-electron chi connectivity index (χ3n) is 2.62. The molecule has 2 N–H and O–H groups in total. The van der Waals surface area contributed by atoms with Gasteiger partial charge >= 0.3 is 5.97 Å². The van der Waals surface area contributed by atoms with Gasteiger partial charge in [0.1, 0.15) is 0 Å². The monoisotopic (exact) mass is 253 g/mol. The fourth-order valence-corrected chi connectivity index (χ4v) is 1.84. The van der Waals surface area contributed by atoms with E-state index in [4.69, 9.17) is 5.11 Å². The van der Waals surface area contributed by atoms with Crippen molar-refractivity contribution < 1.29 is 9.90 Å². The number of rotatable bonds is 7. The maximum atomic E-state index is 10.6.